The Labute approximate surface area is 120 Å². The van der Waals surface area contributed by atoms with Gasteiger partial charge in [0, 0.05) is 11.3 Å². The normalized spacial score (nSPS) is 12.9. The molecule has 0 spiro atoms. The zero-order valence-electron chi connectivity index (χ0n) is 10.6. The molecule has 0 aliphatic heterocycles. The first-order valence-electron chi connectivity index (χ1n) is 5.88. The van der Waals surface area contributed by atoms with Gasteiger partial charge in [0.1, 0.15) is 5.01 Å². The summed E-state index contributed by atoms with van der Waals surface area (Å²) in [6.45, 7) is 6.47. The van der Waals surface area contributed by atoms with Crippen molar-refractivity contribution in [3.63, 3.8) is 0 Å². The maximum Gasteiger partial charge on any atom is 0.206 e. The molecule has 6 heteroatoms. The second-order valence-electron chi connectivity index (χ2n) is 4.61. The molecule has 0 saturated heterocycles. The quantitative estimate of drug-likeness (QED) is 0.875. The average molecular weight is 302 g/mol. The van der Waals surface area contributed by atoms with Crippen LogP contribution in [0.5, 0.6) is 0 Å². The molecule has 0 aliphatic rings. The van der Waals surface area contributed by atoms with E-state index in [1.807, 2.05) is 12.1 Å². The fourth-order valence-corrected chi connectivity index (χ4v) is 3.66. The molecule has 0 fully saturated rings. The average Bonchev–Trinajstić information content (AvgIpc) is 2.87. The molecule has 3 nitrogen and oxygen atoms in total. The third-order valence-electron chi connectivity index (χ3n) is 2.41. The maximum atomic E-state index is 5.93. The molecule has 18 heavy (non-hydrogen) atoms. The van der Waals surface area contributed by atoms with Crippen LogP contribution in [0.15, 0.2) is 12.1 Å². The Hall–Kier alpha value is -0.650. The molecule has 0 bridgehead atoms. The molecule has 0 radical (unpaired) electrons. The number of nitrogens with zero attached hydrogens (tertiary/aromatic N) is 2. The standard InChI is InChI=1S/C12H16ClN3S2/c1-7(2)6-11-15-16-12(18-11)14-8(3)9-4-5-10(13)17-9/h4-5,7-8H,6H2,1-3H3,(H,14,16). The largest absolute Gasteiger partial charge is 0.353 e. The lowest BCUT2D eigenvalue weighted by Gasteiger charge is -2.09. The van der Waals surface area contributed by atoms with Crippen molar-refractivity contribution in [2.75, 3.05) is 5.32 Å². The molecule has 1 atom stereocenters. The fourth-order valence-electron chi connectivity index (χ4n) is 1.56. The van der Waals surface area contributed by atoms with Crippen LogP contribution in [0.4, 0.5) is 5.13 Å². The van der Waals surface area contributed by atoms with E-state index in [1.165, 1.54) is 4.88 Å². The van der Waals surface area contributed by atoms with E-state index in [1.54, 1.807) is 22.7 Å². The van der Waals surface area contributed by atoms with Crippen LogP contribution in [0, 0.1) is 5.92 Å². The predicted molar refractivity (Wildman–Crippen MR) is 79.8 cm³/mol. The first-order valence-corrected chi connectivity index (χ1v) is 7.90. The summed E-state index contributed by atoms with van der Waals surface area (Å²) in [5.74, 6) is 0.610. The van der Waals surface area contributed by atoms with Crippen LogP contribution in [0.25, 0.3) is 0 Å². The van der Waals surface area contributed by atoms with Crippen LogP contribution in [0.3, 0.4) is 0 Å². The molecule has 2 rings (SSSR count). The third-order valence-corrected chi connectivity index (χ3v) is 4.70. The highest BCUT2D eigenvalue weighted by atomic mass is 35.5. The lowest BCUT2D eigenvalue weighted by atomic mass is 10.1. The second kappa shape index (κ2) is 5.99. The van der Waals surface area contributed by atoms with Gasteiger partial charge in [-0.1, -0.05) is 36.8 Å². The van der Waals surface area contributed by atoms with Gasteiger partial charge in [0.05, 0.1) is 10.4 Å². The van der Waals surface area contributed by atoms with Gasteiger partial charge in [0.25, 0.3) is 0 Å². The highest BCUT2D eigenvalue weighted by Gasteiger charge is 2.11. The molecule has 0 saturated carbocycles. The van der Waals surface area contributed by atoms with E-state index in [-0.39, 0.29) is 6.04 Å². The van der Waals surface area contributed by atoms with Crippen molar-refractivity contribution in [1.29, 1.82) is 0 Å². The van der Waals surface area contributed by atoms with E-state index in [0.717, 1.165) is 20.9 Å². The molecule has 0 amide bonds. The topological polar surface area (TPSA) is 37.8 Å². The number of aromatic nitrogens is 2. The summed E-state index contributed by atoms with van der Waals surface area (Å²) < 4.78 is 0.816. The Morgan fingerprint density at radius 3 is 2.61 bits per heavy atom. The SMILES string of the molecule is CC(C)Cc1nnc(NC(C)c2ccc(Cl)s2)s1. The molecule has 0 aromatic carbocycles. The highest BCUT2D eigenvalue weighted by Crippen LogP contribution is 2.30. The number of hydrogen-bond donors (Lipinski definition) is 1. The van der Waals surface area contributed by atoms with E-state index in [2.05, 4.69) is 36.3 Å². The van der Waals surface area contributed by atoms with Crippen molar-refractivity contribution >= 4 is 39.4 Å². The van der Waals surface area contributed by atoms with E-state index < -0.39 is 0 Å². The molecule has 2 aromatic heterocycles. The van der Waals surface area contributed by atoms with E-state index in [9.17, 15) is 0 Å². The Morgan fingerprint density at radius 1 is 1.22 bits per heavy atom. The first-order chi connectivity index (χ1) is 8.54. The van der Waals surface area contributed by atoms with Crippen molar-refractivity contribution in [3.8, 4) is 0 Å². The van der Waals surface area contributed by atoms with Gasteiger partial charge in [0.15, 0.2) is 0 Å². The monoisotopic (exact) mass is 301 g/mol. The minimum atomic E-state index is 0.211. The van der Waals surface area contributed by atoms with E-state index in [4.69, 9.17) is 11.6 Å². The predicted octanol–water partition coefficient (Wildman–Crippen LogP) is 4.62. The minimum Gasteiger partial charge on any atom is -0.353 e. The summed E-state index contributed by atoms with van der Waals surface area (Å²) in [4.78, 5) is 1.21. The smallest absolute Gasteiger partial charge is 0.206 e. The zero-order chi connectivity index (χ0) is 13.1. The van der Waals surface area contributed by atoms with Crippen LogP contribution in [-0.2, 0) is 6.42 Å². The van der Waals surface area contributed by atoms with Gasteiger partial charge in [-0.25, -0.2) is 0 Å². The summed E-state index contributed by atoms with van der Waals surface area (Å²) in [6.07, 6.45) is 0.985. The molecule has 0 aliphatic carbocycles. The summed E-state index contributed by atoms with van der Waals surface area (Å²) >= 11 is 9.16. The van der Waals surface area contributed by atoms with Gasteiger partial charge in [-0.05, 0) is 25.0 Å². The van der Waals surface area contributed by atoms with Gasteiger partial charge >= 0.3 is 0 Å². The fraction of sp³-hybridized carbons (Fsp3) is 0.500. The van der Waals surface area contributed by atoms with Crippen LogP contribution >= 0.6 is 34.3 Å². The zero-order valence-corrected chi connectivity index (χ0v) is 13.0. The summed E-state index contributed by atoms with van der Waals surface area (Å²) in [7, 11) is 0. The Balaban J connectivity index is 1.98. The highest BCUT2D eigenvalue weighted by molar-refractivity contribution is 7.16. The second-order valence-corrected chi connectivity index (χ2v) is 7.42. The van der Waals surface area contributed by atoms with Crippen molar-refractivity contribution in [3.05, 3.63) is 26.4 Å². The van der Waals surface area contributed by atoms with Gasteiger partial charge in [-0.15, -0.1) is 21.5 Å². The Bertz CT molecular complexity index is 507. The molecule has 2 heterocycles. The van der Waals surface area contributed by atoms with Crippen LogP contribution < -0.4 is 5.32 Å². The van der Waals surface area contributed by atoms with Gasteiger partial charge in [-0.2, -0.15) is 0 Å². The van der Waals surface area contributed by atoms with Crippen LogP contribution in [0.2, 0.25) is 4.34 Å². The molecule has 1 unspecified atom stereocenters. The van der Waals surface area contributed by atoms with Gasteiger partial charge in [0.2, 0.25) is 5.13 Å². The number of nitrogens with one attached hydrogen (secondary N) is 1. The summed E-state index contributed by atoms with van der Waals surface area (Å²) in [6, 6.07) is 4.17. The van der Waals surface area contributed by atoms with E-state index in [0.29, 0.717) is 5.92 Å². The van der Waals surface area contributed by atoms with Crippen molar-refractivity contribution in [2.24, 2.45) is 5.92 Å². The number of halogens is 1. The lowest BCUT2D eigenvalue weighted by Crippen LogP contribution is -2.04. The van der Waals surface area contributed by atoms with Crippen LogP contribution in [-0.4, -0.2) is 10.2 Å². The Morgan fingerprint density at radius 2 is 2.00 bits per heavy atom. The van der Waals surface area contributed by atoms with Crippen molar-refractivity contribution < 1.29 is 0 Å². The minimum absolute atomic E-state index is 0.211. The van der Waals surface area contributed by atoms with Crippen LogP contribution in [0.1, 0.15) is 36.7 Å². The molecule has 98 valence electrons. The number of rotatable bonds is 5. The maximum absolute atomic E-state index is 5.93. The van der Waals surface area contributed by atoms with Crippen molar-refractivity contribution in [2.45, 2.75) is 33.2 Å². The number of thiophene rings is 1. The Kier molecular flexibility index (Phi) is 4.59. The molecular weight excluding hydrogens is 286 g/mol. The van der Waals surface area contributed by atoms with Crippen molar-refractivity contribution in [1.82, 2.24) is 10.2 Å². The third kappa shape index (κ3) is 3.67. The summed E-state index contributed by atoms with van der Waals surface area (Å²) in [5, 5.41) is 13.7. The number of anilines is 1. The molecule has 1 N–H and O–H groups in total. The van der Waals surface area contributed by atoms with Gasteiger partial charge in [-0.3, -0.25) is 0 Å². The molecule has 2 aromatic rings. The lowest BCUT2D eigenvalue weighted by molar-refractivity contribution is 0.640. The number of hydrogen-bond acceptors (Lipinski definition) is 5. The molecular formula is C12H16ClN3S2. The first kappa shape index (κ1) is 13.8. The summed E-state index contributed by atoms with van der Waals surface area (Å²) in [5.41, 5.74) is 0. The van der Waals surface area contributed by atoms with Gasteiger partial charge < -0.3 is 5.32 Å². The van der Waals surface area contributed by atoms with E-state index >= 15 is 0 Å².